The van der Waals surface area contributed by atoms with Crippen LogP contribution in [0.15, 0.2) is 46.9 Å². The molecule has 0 aliphatic carbocycles. The predicted molar refractivity (Wildman–Crippen MR) is 83.0 cm³/mol. The molecule has 2 aromatic rings. The molecule has 0 aliphatic rings. The van der Waals surface area contributed by atoms with E-state index in [0.717, 1.165) is 22.4 Å². The molecule has 1 atom stereocenters. The molecular weight excluding hydrogens is 326 g/mol. The van der Waals surface area contributed by atoms with Gasteiger partial charge in [0.05, 0.1) is 4.47 Å². The van der Waals surface area contributed by atoms with E-state index in [4.69, 9.17) is 22.1 Å². The van der Waals surface area contributed by atoms with Gasteiger partial charge in [-0.05, 0) is 65.2 Å². The summed E-state index contributed by atoms with van der Waals surface area (Å²) in [6.07, 6.45) is 0.866. The van der Waals surface area contributed by atoms with E-state index in [1.165, 1.54) is 5.56 Å². The van der Waals surface area contributed by atoms with Crippen molar-refractivity contribution in [2.45, 2.75) is 19.4 Å². The molecule has 0 bridgehead atoms. The van der Waals surface area contributed by atoms with Crippen LogP contribution < -0.4 is 10.5 Å². The van der Waals surface area contributed by atoms with E-state index < -0.39 is 0 Å². The van der Waals surface area contributed by atoms with Crippen LogP contribution in [0.5, 0.6) is 11.5 Å². The highest BCUT2D eigenvalue weighted by atomic mass is 79.9. The second-order valence-corrected chi connectivity index (χ2v) is 5.79. The lowest BCUT2D eigenvalue weighted by atomic mass is 10.1. The summed E-state index contributed by atoms with van der Waals surface area (Å²) in [6, 6.07) is 13.6. The Morgan fingerprint density at radius 1 is 1.21 bits per heavy atom. The van der Waals surface area contributed by atoms with Crippen molar-refractivity contribution in [3.63, 3.8) is 0 Å². The van der Waals surface area contributed by atoms with Crippen molar-refractivity contribution < 1.29 is 4.74 Å². The van der Waals surface area contributed by atoms with Crippen molar-refractivity contribution in [2.24, 2.45) is 5.73 Å². The molecule has 0 aromatic heterocycles. The van der Waals surface area contributed by atoms with Gasteiger partial charge >= 0.3 is 0 Å². The summed E-state index contributed by atoms with van der Waals surface area (Å²) < 4.78 is 6.62. The molecule has 0 radical (unpaired) electrons. The first-order chi connectivity index (χ1) is 9.04. The number of benzene rings is 2. The van der Waals surface area contributed by atoms with Crippen LogP contribution in [0.1, 0.15) is 12.5 Å². The minimum atomic E-state index is 0.164. The van der Waals surface area contributed by atoms with Gasteiger partial charge in [-0.15, -0.1) is 0 Å². The monoisotopic (exact) mass is 339 g/mol. The average molecular weight is 341 g/mol. The van der Waals surface area contributed by atoms with E-state index in [-0.39, 0.29) is 6.04 Å². The van der Waals surface area contributed by atoms with Gasteiger partial charge in [0.25, 0.3) is 0 Å². The molecule has 19 heavy (non-hydrogen) atoms. The maximum Gasteiger partial charge on any atom is 0.141 e. The van der Waals surface area contributed by atoms with Crippen molar-refractivity contribution >= 4 is 27.5 Å². The van der Waals surface area contributed by atoms with Crippen molar-refractivity contribution in [3.05, 3.63) is 57.5 Å². The molecule has 4 heteroatoms. The summed E-state index contributed by atoms with van der Waals surface area (Å²) in [6.45, 7) is 2.00. The fourth-order valence-corrected chi connectivity index (χ4v) is 2.51. The molecular formula is C15H15BrClNO. The molecule has 0 fully saturated rings. The molecule has 0 saturated carbocycles. The Labute approximate surface area is 126 Å². The molecule has 0 spiro atoms. The summed E-state index contributed by atoms with van der Waals surface area (Å²) in [7, 11) is 0. The molecule has 0 heterocycles. The molecule has 0 saturated heterocycles. The Kier molecular flexibility index (Phi) is 4.86. The average Bonchev–Trinajstić information content (AvgIpc) is 2.34. The summed E-state index contributed by atoms with van der Waals surface area (Å²) >= 11 is 9.32. The van der Waals surface area contributed by atoms with Crippen LogP contribution >= 0.6 is 27.5 Å². The molecule has 1 unspecified atom stereocenters. The molecule has 0 aliphatic heterocycles. The lowest BCUT2D eigenvalue weighted by Gasteiger charge is -2.09. The van der Waals surface area contributed by atoms with Gasteiger partial charge in [0, 0.05) is 11.1 Å². The Bertz CT molecular complexity index is 555. The first kappa shape index (κ1) is 14.4. The number of rotatable bonds is 4. The molecule has 2 nitrogen and oxygen atoms in total. The van der Waals surface area contributed by atoms with Gasteiger partial charge in [0.2, 0.25) is 0 Å². The number of halogens is 2. The topological polar surface area (TPSA) is 35.2 Å². The van der Waals surface area contributed by atoms with Crippen LogP contribution in [0.25, 0.3) is 0 Å². The Morgan fingerprint density at radius 2 is 1.89 bits per heavy atom. The maximum atomic E-state index is 5.89. The van der Waals surface area contributed by atoms with E-state index in [0.29, 0.717) is 5.02 Å². The number of hydrogen-bond donors (Lipinski definition) is 1. The standard InChI is InChI=1S/C15H15BrClNO/c1-10(18)8-11-2-5-13(6-3-11)19-15-7-4-12(17)9-14(15)16/h2-7,9-10H,8,18H2,1H3. The highest BCUT2D eigenvalue weighted by Crippen LogP contribution is 2.31. The zero-order chi connectivity index (χ0) is 13.8. The molecule has 2 aromatic carbocycles. The lowest BCUT2D eigenvalue weighted by Crippen LogP contribution is -2.17. The normalized spacial score (nSPS) is 12.2. The highest BCUT2D eigenvalue weighted by Gasteiger charge is 2.04. The Hall–Kier alpha value is -1.03. The van der Waals surface area contributed by atoms with Crippen LogP contribution in [0.4, 0.5) is 0 Å². The zero-order valence-electron chi connectivity index (χ0n) is 10.6. The number of nitrogens with two attached hydrogens (primary N) is 1. The van der Waals surface area contributed by atoms with E-state index in [2.05, 4.69) is 15.9 Å². The third-order valence-corrected chi connectivity index (χ3v) is 3.46. The fourth-order valence-electron chi connectivity index (χ4n) is 1.75. The van der Waals surface area contributed by atoms with Crippen molar-refractivity contribution in [1.82, 2.24) is 0 Å². The van der Waals surface area contributed by atoms with Crippen LogP contribution in [-0.2, 0) is 6.42 Å². The zero-order valence-corrected chi connectivity index (χ0v) is 12.9. The van der Waals surface area contributed by atoms with Gasteiger partial charge in [-0.25, -0.2) is 0 Å². The van der Waals surface area contributed by atoms with Gasteiger partial charge in [0.15, 0.2) is 0 Å². The van der Waals surface area contributed by atoms with Gasteiger partial charge in [-0.2, -0.15) is 0 Å². The minimum Gasteiger partial charge on any atom is -0.456 e. The SMILES string of the molecule is CC(N)Cc1ccc(Oc2ccc(Cl)cc2Br)cc1. The van der Waals surface area contributed by atoms with Gasteiger partial charge in [-0.3, -0.25) is 0 Å². The smallest absolute Gasteiger partial charge is 0.141 e. The third-order valence-electron chi connectivity index (χ3n) is 2.60. The van der Waals surface area contributed by atoms with Crippen LogP contribution in [-0.4, -0.2) is 6.04 Å². The van der Waals surface area contributed by atoms with Crippen LogP contribution in [0.2, 0.25) is 5.02 Å². The minimum absolute atomic E-state index is 0.164. The molecule has 100 valence electrons. The van der Waals surface area contributed by atoms with Gasteiger partial charge < -0.3 is 10.5 Å². The molecule has 2 rings (SSSR count). The second kappa shape index (κ2) is 6.42. The van der Waals surface area contributed by atoms with Crippen LogP contribution in [0, 0.1) is 0 Å². The number of hydrogen-bond acceptors (Lipinski definition) is 2. The van der Waals surface area contributed by atoms with E-state index in [1.54, 1.807) is 12.1 Å². The maximum absolute atomic E-state index is 5.89. The first-order valence-corrected chi connectivity index (χ1v) is 7.19. The highest BCUT2D eigenvalue weighted by molar-refractivity contribution is 9.10. The van der Waals surface area contributed by atoms with Crippen LogP contribution in [0.3, 0.4) is 0 Å². The van der Waals surface area contributed by atoms with Gasteiger partial charge in [-0.1, -0.05) is 23.7 Å². The number of ether oxygens (including phenoxy) is 1. The summed E-state index contributed by atoms with van der Waals surface area (Å²) in [5.41, 5.74) is 6.98. The Balaban J connectivity index is 2.10. The molecule has 2 N–H and O–H groups in total. The quantitative estimate of drug-likeness (QED) is 0.869. The van der Waals surface area contributed by atoms with E-state index >= 15 is 0 Å². The molecule has 0 amide bonds. The van der Waals surface area contributed by atoms with E-state index in [1.807, 2.05) is 37.3 Å². The summed E-state index contributed by atoms with van der Waals surface area (Å²) in [5, 5.41) is 0.673. The summed E-state index contributed by atoms with van der Waals surface area (Å²) in [4.78, 5) is 0. The van der Waals surface area contributed by atoms with Crippen molar-refractivity contribution in [3.8, 4) is 11.5 Å². The third kappa shape index (κ3) is 4.23. The fraction of sp³-hybridized carbons (Fsp3) is 0.200. The largest absolute Gasteiger partial charge is 0.456 e. The predicted octanol–water partition coefficient (Wildman–Crippen LogP) is 4.78. The lowest BCUT2D eigenvalue weighted by molar-refractivity contribution is 0.479. The van der Waals surface area contributed by atoms with Gasteiger partial charge in [0.1, 0.15) is 11.5 Å². The Morgan fingerprint density at radius 3 is 2.47 bits per heavy atom. The van der Waals surface area contributed by atoms with Crippen molar-refractivity contribution in [1.29, 1.82) is 0 Å². The summed E-state index contributed by atoms with van der Waals surface area (Å²) in [5.74, 6) is 1.53. The van der Waals surface area contributed by atoms with E-state index in [9.17, 15) is 0 Å². The first-order valence-electron chi connectivity index (χ1n) is 6.02. The second-order valence-electron chi connectivity index (χ2n) is 4.50. The van der Waals surface area contributed by atoms with Crippen molar-refractivity contribution in [2.75, 3.05) is 0 Å².